The number of piperazine rings is 1. The summed E-state index contributed by atoms with van der Waals surface area (Å²) in [6.45, 7) is 7.49. The van der Waals surface area contributed by atoms with Crippen LogP contribution >= 0.6 is 0 Å². The van der Waals surface area contributed by atoms with Crippen molar-refractivity contribution >= 4 is 23.8 Å². The van der Waals surface area contributed by atoms with Gasteiger partial charge in [-0.05, 0) is 55.2 Å². The molecule has 0 unspecified atom stereocenters. The van der Waals surface area contributed by atoms with Crippen LogP contribution in [0.15, 0.2) is 78.9 Å². The largest absolute Gasteiger partial charge is 0.444 e. The van der Waals surface area contributed by atoms with Gasteiger partial charge in [0.25, 0.3) is 5.91 Å². The number of hydrogen-bond donors (Lipinski definition) is 1. The summed E-state index contributed by atoms with van der Waals surface area (Å²) in [6, 6.07) is 24.2. The number of nitrogens with one attached hydrogen (secondary N) is 1. The van der Waals surface area contributed by atoms with Gasteiger partial charge < -0.3 is 24.8 Å². The van der Waals surface area contributed by atoms with Gasteiger partial charge in [-0.2, -0.15) is 0 Å². The first-order valence-electron chi connectivity index (χ1n) is 14.6. The molecule has 224 valence electrons. The summed E-state index contributed by atoms with van der Waals surface area (Å²) in [7, 11) is 0. The first-order valence-corrected chi connectivity index (χ1v) is 14.6. The second-order valence-corrected chi connectivity index (χ2v) is 12.0. The third-order valence-corrected chi connectivity index (χ3v) is 7.66. The van der Waals surface area contributed by atoms with E-state index in [4.69, 9.17) is 4.74 Å². The molecule has 9 heteroatoms. The zero-order valence-corrected chi connectivity index (χ0v) is 24.9. The van der Waals surface area contributed by atoms with E-state index in [1.54, 1.807) is 35.5 Å². The van der Waals surface area contributed by atoms with E-state index in [9.17, 15) is 19.2 Å². The average molecular weight is 583 g/mol. The van der Waals surface area contributed by atoms with Crippen LogP contribution in [-0.4, -0.2) is 76.3 Å². The van der Waals surface area contributed by atoms with E-state index < -0.39 is 17.7 Å². The topological polar surface area (TPSA) is 99.3 Å². The predicted octanol–water partition coefficient (Wildman–Crippen LogP) is 4.46. The van der Waals surface area contributed by atoms with Crippen LogP contribution < -0.4 is 5.32 Å². The van der Waals surface area contributed by atoms with E-state index in [0.29, 0.717) is 44.8 Å². The van der Waals surface area contributed by atoms with E-state index in [0.717, 1.165) is 22.3 Å². The Balaban J connectivity index is 1.21. The summed E-state index contributed by atoms with van der Waals surface area (Å²) < 4.78 is 5.40. The van der Waals surface area contributed by atoms with Crippen molar-refractivity contribution in [1.29, 1.82) is 0 Å². The Morgan fingerprint density at radius 3 is 1.95 bits per heavy atom. The lowest BCUT2D eigenvalue weighted by molar-refractivity contribution is -0.140. The predicted molar refractivity (Wildman–Crippen MR) is 163 cm³/mol. The van der Waals surface area contributed by atoms with E-state index >= 15 is 0 Å². The molecule has 1 saturated heterocycles. The van der Waals surface area contributed by atoms with Gasteiger partial charge in [-0.3, -0.25) is 14.4 Å². The third kappa shape index (κ3) is 7.41. The maximum atomic E-state index is 13.6. The molecule has 5 rings (SSSR count). The van der Waals surface area contributed by atoms with Gasteiger partial charge in [0.1, 0.15) is 11.6 Å². The average Bonchev–Trinajstić information content (AvgIpc) is 3.44. The Morgan fingerprint density at radius 1 is 0.744 bits per heavy atom. The molecule has 2 aliphatic heterocycles. The van der Waals surface area contributed by atoms with Crippen LogP contribution in [0.4, 0.5) is 4.79 Å². The fourth-order valence-electron chi connectivity index (χ4n) is 5.47. The number of carbonyl (C=O) groups excluding carboxylic acids is 4. The highest BCUT2D eigenvalue weighted by Crippen LogP contribution is 2.24. The summed E-state index contributed by atoms with van der Waals surface area (Å²) in [5.74, 6) is -0.676. The monoisotopic (exact) mass is 582 g/mol. The van der Waals surface area contributed by atoms with E-state index in [2.05, 4.69) is 5.32 Å². The van der Waals surface area contributed by atoms with Gasteiger partial charge in [0.05, 0.1) is 6.42 Å². The number of hydrogen-bond acceptors (Lipinski definition) is 5. The van der Waals surface area contributed by atoms with Crippen LogP contribution in [0.2, 0.25) is 0 Å². The molecule has 1 atom stereocenters. The summed E-state index contributed by atoms with van der Waals surface area (Å²) in [5.41, 5.74) is 3.94. The van der Waals surface area contributed by atoms with Crippen molar-refractivity contribution in [3.63, 3.8) is 0 Å². The number of nitrogens with zero attached hydrogens (tertiary/aromatic N) is 3. The quantitative estimate of drug-likeness (QED) is 0.463. The third-order valence-electron chi connectivity index (χ3n) is 7.66. The summed E-state index contributed by atoms with van der Waals surface area (Å²) in [4.78, 5) is 58.0. The second-order valence-electron chi connectivity index (χ2n) is 12.0. The lowest BCUT2D eigenvalue weighted by Gasteiger charge is -2.35. The minimum Gasteiger partial charge on any atom is -0.444 e. The molecule has 1 fully saturated rings. The fourth-order valence-corrected chi connectivity index (χ4v) is 5.47. The zero-order valence-electron chi connectivity index (χ0n) is 24.9. The molecule has 3 aromatic carbocycles. The van der Waals surface area contributed by atoms with Crippen LogP contribution in [0.3, 0.4) is 0 Å². The summed E-state index contributed by atoms with van der Waals surface area (Å²) in [5, 5.41) is 2.65. The molecule has 1 N–H and O–H groups in total. The number of fused-ring (bicyclic) bond motifs is 1. The molecule has 43 heavy (non-hydrogen) atoms. The van der Waals surface area contributed by atoms with Gasteiger partial charge in [0.15, 0.2) is 0 Å². The Morgan fingerprint density at radius 2 is 1.33 bits per heavy atom. The van der Waals surface area contributed by atoms with E-state index in [1.807, 2.05) is 78.9 Å². The SMILES string of the molecule is CC(C)(C)OC(=O)N[C@@H](CC(=O)N1CCN(C(=O)c2cccc(-c3ccccc3)c2)CC1)C(=O)N1Cc2ccccc2C1. The van der Waals surface area contributed by atoms with Gasteiger partial charge in [-0.1, -0.05) is 66.7 Å². The maximum Gasteiger partial charge on any atom is 0.408 e. The molecular weight excluding hydrogens is 544 g/mol. The molecule has 2 aliphatic rings. The maximum absolute atomic E-state index is 13.6. The van der Waals surface area contributed by atoms with Crippen molar-refractivity contribution < 1.29 is 23.9 Å². The van der Waals surface area contributed by atoms with Crippen LogP contribution in [0.1, 0.15) is 48.7 Å². The molecule has 0 aromatic heterocycles. The number of alkyl carbamates (subject to hydrolysis) is 1. The highest BCUT2D eigenvalue weighted by Gasteiger charge is 2.35. The van der Waals surface area contributed by atoms with E-state index in [1.165, 1.54) is 0 Å². The zero-order chi connectivity index (χ0) is 30.6. The second kappa shape index (κ2) is 12.7. The number of benzene rings is 3. The Labute approximate surface area is 252 Å². The molecule has 0 radical (unpaired) electrons. The number of carbonyl (C=O) groups is 4. The lowest BCUT2D eigenvalue weighted by Crippen LogP contribution is -2.54. The van der Waals surface area contributed by atoms with Crippen molar-refractivity contribution in [3.05, 3.63) is 95.6 Å². The van der Waals surface area contributed by atoms with Gasteiger partial charge >= 0.3 is 6.09 Å². The van der Waals surface area contributed by atoms with Crippen LogP contribution in [0, 0.1) is 0 Å². The highest BCUT2D eigenvalue weighted by atomic mass is 16.6. The summed E-state index contributed by atoms with van der Waals surface area (Å²) >= 11 is 0. The first kappa shape index (κ1) is 29.8. The van der Waals surface area contributed by atoms with Crippen LogP contribution in [0.5, 0.6) is 0 Å². The fraction of sp³-hybridized carbons (Fsp3) is 0.353. The van der Waals surface area contributed by atoms with Crippen molar-refractivity contribution in [2.75, 3.05) is 26.2 Å². The molecular formula is C34H38N4O5. The first-order chi connectivity index (χ1) is 20.6. The van der Waals surface area contributed by atoms with Crippen molar-refractivity contribution in [2.24, 2.45) is 0 Å². The molecule has 0 aliphatic carbocycles. The van der Waals surface area contributed by atoms with Gasteiger partial charge in [-0.15, -0.1) is 0 Å². The van der Waals surface area contributed by atoms with Gasteiger partial charge in [-0.25, -0.2) is 4.79 Å². The molecule has 9 nitrogen and oxygen atoms in total. The standard InChI is InChI=1S/C34H38N4O5/c1-34(2,3)43-33(42)35-29(32(41)38-22-27-12-7-8-13-28(27)23-38)21-30(39)36-16-18-37(19-17-36)31(40)26-15-9-14-25(20-26)24-10-5-4-6-11-24/h4-15,20,29H,16-19,21-23H2,1-3H3,(H,35,42)/t29-/m0/s1. The number of rotatable bonds is 6. The lowest BCUT2D eigenvalue weighted by atomic mass is 10.0. The Hall–Kier alpha value is -4.66. The number of ether oxygens (including phenoxy) is 1. The smallest absolute Gasteiger partial charge is 0.408 e. The minimum atomic E-state index is -1.07. The molecule has 2 heterocycles. The van der Waals surface area contributed by atoms with Gasteiger partial charge in [0, 0.05) is 44.8 Å². The normalized spacial score (nSPS) is 15.5. The minimum absolute atomic E-state index is 0.0851. The van der Waals surface area contributed by atoms with E-state index in [-0.39, 0.29) is 24.1 Å². The van der Waals surface area contributed by atoms with Crippen molar-refractivity contribution in [3.8, 4) is 11.1 Å². The van der Waals surface area contributed by atoms with Crippen molar-refractivity contribution in [1.82, 2.24) is 20.0 Å². The molecule has 4 amide bonds. The van der Waals surface area contributed by atoms with Crippen LogP contribution in [-0.2, 0) is 27.4 Å². The number of amides is 4. The van der Waals surface area contributed by atoms with Crippen LogP contribution in [0.25, 0.3) is 11.1 Å². The van der Waals surface area contributed by atoms with Crippen molar-refractivity contribution in [2.45, 2.75) is 51.9 Å². The molecule has 0 spiro atoms. The molecule has 0 bridgehead atoms. The molecule has 3 aromatic rings. The Bertz CT molecular complexity index is 1470. The summed E-state index contributed by atoms with van der Waals surface area (Å²) in [6.07, 6.45) is -0.943. The molecule has 0 saturated carbocycles. The Kier molecular flexibility index (Phi) is 8.80. The van der Waals surface area contributed by atoms with Gasteiger partial charge in [0.2, 0.25) is 11.8 Å². The highest BCUT2D eigenvalue weighted by molar-refractivity contribution is 5.96.